The van der Waals surface area contributed by atoms with Crippen LogP contribution in [0.3, 0.4) is 0 Å². The number of hydrogen-bond acceptors (Lipinski definition) is 7. The summed E-state index contributed by atoms with van der Waals surface area (Å²) in [6.07, 6.45) is -2.22. The van der Waals surface area contributed by atoms with Crippen molar-refractivity contribution in [2.75, 3.05) is 19.8 Å². The number of aliphatic hydroxyl groups is 1. The smallest absolute Gasteiger partial charge is 0.206 e. The van der Waals surface area contributed by atoms with Crippen molar-refractivity contribution in [3.05, 3.63) is 17.7 Å². The standard InChI is InChI=1S/C20H34O7/c1-8-22-14(5)25-18-11-17(13(4)21)12-19(26-15(6)23-9-2)20(18)27-16(7)24-10-3/h11-16,21H,8-10H2,1-7H3. The third-order valence-electron chi connectivity index (χ3n) is 3.60. The molecule has 0 aliphatic carbocycles. The first-order valence-electron chi connectivity index (χ1n) is 9.52. The quantitative estimate of drug-likeness (QED) is 0.513. The van der Waals surface area contributed by atoms with Crippen molar-refractivity contribution in [2.45, 2.75) is 73.4 Å². The fourth-order valence-corrected chi connectivity index (χ4v) is 2.46. The summed E-state index contributed by atoms with van der Waals surface area (Å²) >= 11 is 0. The van der Waals surface area contributed by atoms with E-state index in [0.29, 0.717) is 42.6 Å². The van der Waals surface area contributed by atoms with Crippen LogP contribution in [0, 0.1) is 0 Å². The maximum Gasteiger partial charge on any atom is 0.206 e. The second-order valence-corrected chi connectivity index (χ2v) is 5.94. The highest BCUT2D eigenvalue weighted by Crippen LogP contribution is 2.42. The largest absolute Gasteiger partial charge is 0.461 e. The van der Waals surface area contributed by atoms with Crippen LogP contribution in [0.5, 0.6) is 17.2 Å². The van der Waals surface area contributed by atoms with Gasteiger partial charge in [0.2, 0.25) is 5.75 Å². The molecule has 0 saturated carbocycles. The molecule has 0 fully saturated rings. The Balaban J connectivity index is 3.32. The molecule has 1 aromatic rings. The highest BCUT2D eigenvalue weighted by Gasteiger charge is 2.22. The minimum atomic E-state index is -0.710. The van der Waals surface area contributed by atoms with Gasteiger partial charge in [-0.05, 0) is 66.2 Å². The minimum Gasteiger partial charge on any atom is -0.461 e. The Labute approximate surface area is 162 Å². The normalized spacial score (nSPS) is 15.7. The summed E-state index contributed by atoms with van der Waals surface area (Å²) in [7, 11) is 0. The van der Waals surface area contributed by atoms with Crippen LogP contribution in [-0.4, -0.2) is 43.8 Å². The first-order valence-corrected chi connectivity index (χ1v) is 9.52. The van der Waals surface area contributed by atoms with E-state index in [1.807, 2.05) is 20.8 Å². The Morgan fingerprint density at radius 2 is 1.07 bits per heavy atom. The second-order valence-electron chi connectivity index (χ2n) is 5.94. The lowest BCUT2D eigenvalue weighted by Crippen LogP contribution is -2.22. The monoisotopic (exact) mass is 386 g/mol. The molecule has 0 aliphatic heterocycles. The van der Waals surface area contributed by atoms with Crippen LogP contribution in [0.15, 0.2) is 12.1 Å². The van der Waals surface area contributed by atoms with Gasteiger partial charge in [0.25, 0.3) is 0 Å². The van der Waals surface area contributed by atoms with Crippen molar-refractivity contribution in [2.24, 2.45) is 0 Å². The molecule has 0 aliphatic rings. The molecule has 27 heavy (non-hydrogen) atoms. The fourth-order valence-electron chi connectivity index (χ4n) is 2.46. The molecule has 0 bridgehead atoms. The Morgan fingerprint density at radius 3 is 1.41 bits per heavy atom. The molecule has 156 valence electrons. The fraction of sp³-hybridized carbons (Fsp3) is 0.700. The number of aliphatic hydroxyl groups excluding tert-OH is 1. The topological polar surface area (TPSA) is 75.6 Å². The molecule has 0 amide bonds. The van der Waals surface area contributed by atoms with Gasteiger partial charge in [-0.25, -0.2) is 0 Å². The zero-order chi connectivity index (χ0) is 20.4. The van der Waals surface area contributed by atoms with Gasteiger partial charge in [-0.2, -0.15) is 0 Å². The van der Waals surface area contributed by atoms with E-state index >= 15 is 0 Å². The molecular formula is C20H34O7. The molecule has 4 unspecified atom stereocenters. The molecule has 1 aromatic carbocycles. The van der Waals surface area contributed by atoms with Gasteiger partial charge in [0.1, 0.15) is 0 Å². The summed E-state index contributed by atoms with van der Waals surface area (Å²) in [5.74, 6) is 1.18. The Morgan fingerprint density at radius 1 is 0.704 bits per heavy atom. The predicted octanol–water partition coefficient (Wildman–Crippen LogP) is 4.02. The van der Waals surface area contributed by atoms with Gasteiger partial charge in [-0.1, -0.05) is 0 Å². The van der Waals surface area contributed by atoms with Gasteiger partial charge in [0.05, 0.1) is 6.10 Å². The summed E-state index contributed by atoms with van der Waals surface area (Å²) in [5.41, 5.74) is 0.629. The van der Waals surface area contributed by atoms with Gasteiger partial charge < -0.3 is 33.5 Å². The van der Waals surface area contributed by atoms with E-state index in [-0.39, 0.29) is 0 Å². The van der Waals surface area contributed by atoms with Crippen molar-refractivity contribution in [1.82, 2.24) is 0 Å². The maximum absolute atomic E-state index is 10.1. The maximum atomic E-state index is 10.1. The van der Waals surface area contributed by atoms with Gasteiger partial charge in [0, 0.05) is 19.8 Å². The van der Waals surface area contributed by atoms with Gasteiger partial charge in [-0.15, -0.1) is 0 Å². The van der Waals surface area contributed by atoms with Crippen LogP contribution < -0.4 is 14.2 Å². The zero-order valence-corrected chi connectivity index (χ0v) is 17.5. The van der Waals surface area contributed by atoms with E-state index in [0.717, 1.165) is 0 Å². The molecule has 0 saturated heterocycles. The lowest BCUT2D eigenvalue weighted by Gasteiger charge is -2.25. The SMILES string of the molecule is CCOC(C)Oc1cc(C(C)O)cc(OC(C)OCC)c1OC(C)OCC. The van der Waals surface area contributed by atoms with Crippen molar-refractivity contribution in [1.29, 1.82) is 0 Å². The summed E-state index contributed by atoms with van der Waals surface area (Å²) in [6.45, 7) is 14.2. The van der Waals surface area contributed by atoms with Crippen LogP contribution in [-0.2, 0) is 14.2 Å². The average molecular weight is 386 g/mol. The van der Waals surface area contributed by atoms with E-state index < -0.39 is 25.0 Å². The summed E-state index contributed by atoms with van der Waals surface area (Å²) < 4.78 is 34.2. The summed E-state index contributed by atoms with van der Waals surface area (Å²) in [5, 5.41) is 10.1. The van der Waals surface area contributed by atoms with Gasteiger partial charge in [0.15, 0.2) is 30.4 Å². The average Bonchev–Trinajstić information content (AvgIpc) is 2.57. The molecular weight excluding hydrogens is 352 g/mol. The van der Waals surface area contributed by atoms with Crippen molar-refractivity contribution < 1.29 is 33.5 Å². The number of ether oxygens (including phenoxy) is 6. The number of hydrogen-bond donors (Lipinski definition) is 1. The molecule has 1 rings (SSSR count). The second kappa shape index (κ2) is 12.0. The van der Waals surface area contributed by atoms with Crippen LogP contribution in [0.4, 0.5) is 0 Å². The Bertz CT molecular complexity index is 512. The number of benzene rings is 1. The van der Waals surface area contributed by atoms with E-state index in [1.54, 1.807) is 39.8 Å². The Kier molecular flexibility index (Phi) is 10.5. The van der Waals surface area contributed by atoms with Gasteiger partial charge in [-0.3, -0.25) is 0 Å². The third-order valence-corrected chi connectivity index (χ3v) is 3.60. The molecule has 0 heterocycles. The zero-order valence-electron chi connectivity index (χ0n) is 17.5. The minimum absolute atomic E-state index is 0.374. The molecule has 1 N–H and O–H groups in total. The van der Waals surface area contributed by atoms with Crippen LogP contribution in [0.1, 0.15) is 60.1 Å². The van der Waals surface area contributed by atoms with Crippen molar-refractivity contribution >= 4 is 0 Å². The van der Waals surface area contributed by atoms with Crippen molar-refractivity contribution in [3.8, 4) is 17.2 Å². The molecule has 0 spiro atoms. The van der Waals surface area contributed by atoms with E-state index in [9.17, 15) is 5.11 Å². The van der Waals surface area contributed by atoms with E-state index in [4.69, 9.17) is 28.4 Å². The molecule has 0 aromatic heterocycles. The molecule has 4 atom stereocenters. The molecule has 7 nitrogen and oxygen atoms in total. The lowest BCUT2D eigenvalue weighted by atomic mass is 10.1. The number of rotatable bonds is 13. The van der Waals surface area contributed by atoms with Crippen LogP contribution in [0.2, 0.25) is 0 Å². The first-order chi connectivity index (χ1) is 12.8. The van der Waals surface area contributed by atoms with E-state index in [1.165, 1.54) is 0 Å². The van der Waals surface area contributed by atoms with Crippen molar-refractivity contribution in [3.63, 3.8) is 0 Å². The molecule has 7 heteroatoms. The predicted molar refractivity (Wildman–Crippen MR) is 102 cm³/mol. The third kappa shape index (κ3) is 7.92. The first kappa shape index (κ1) is 23.5. The summed E-state index contributed by atoms with van der Waals surface area (Å²) in [4.78, 5) is 0. The lowest BCUT2D eigenvalue weighted by molar-refractivity contribution is -0.0850. The highest BCUT2D eigenvalue weighted by atomic mass is 16.7. The molecule has 0 radical (unpaired) electrons. The Hall–Kier alpha value is -1.54. The van der Waals surface area contributed by atoms with Crippen LogP contribution in [0.25, 0.3) is 0 Å². The van der Waals surface area contributed by atoms with Crippen LogP contribution >= 0.6 is 0 Å². The summed E-state index contributed by atoms with van der Waals surface area (Å²) in [6, 6.07) is 3.43. The highest BCUT2D eigenvalue weighted by molar-refractivity contribution is 5.54. The van der Waals surface area contributed by atoms with E-state index in [2.05, 4.69) is 0 Å². The van der Waals surface area contributed by atoms with Gasteiger partial charge >= 0.3 is 0 Å².